The molecule has 1 atom stereocenters. The van der Waals surface area contributed by atoms with Crippen LogP contribution >= 0.6 is 35.0 Å². The van der Waals surface area contributed by atoms with Crippen LogP contribution in [0.1, 0.15) is 17.4 Å². The lowest BCUT2D eigenvalue weighted by molar-refractivity contribution is 0.164. The minimum absolute atomic E-state index is 0.0693. The Morgan fingerprint density at radius 3 is 2.96 bits per heavy atom. The first-order valence-electron chi connectivity index (χ1n) is 7.46. The number of amides is 1. The van der Waals surface area contributed by atoms with Crippen LogP contribution in [0.15, 0.2) is 41.3 Å². The van der Waals surface area contributed by atoms with Crippen molar-refractivity contribution in [3.8, 4) is 12.3 Å². The Kier molecular flexibility index (Phi) is 5.64. The Morgan fingerprint density at radius 1 is 1.32 bits per heavy atom. The van der Waals surface area contributed by atoms with E-state index in [9.17, 15) is 4.79 Å². The summed E-state index contributed by atoms with van der Waals surface area (Å²) in [5, 5.41) is 7.27. The summed E-state index contributed by atoms with van der Waals surface area (Å²) in [5.41, 5.74) is 2.42. The van der Waals surface area contributed by atoms with Gasteiger partial charge in [0.15, 0.2) is 0 Å². The Balaban J connectivity index is 1.73. The van der Waals surface area contributed by atoms with E-state index in [0.29, 0.717) is 22.2 Å². The summed E-state index contributed by atoms with van der Waals surface area (Å²) < 4.78 is 4.98. The fraction of sp³-hybridized carbons (Fsp3) is 0.167. The van der Waals surface area contributed by atoms with E-state index in [-0.39, 0.29) is 12.0 Å². The molecule has 0 aromatic heterocycles. The second-order valence-corrected chi connectivity index (χ2v) is 7.22. The quantitative estimate of drug-likeness (QED) is 0.511. The molecule has 3 rings (SSSR count). The average Bonchev–Trinajstić information content (AvgIpc) is 2.99. The van der Waals surface area contributed by atoms with Gasteiger partial charge in [0.1, 0.15) is 12.0 Å². The maximum absolute atomic E-state index is 11.8. The molecule has 1 aliphatic rings. The number of terminal acetylenes is 1. The molecule has 0 unspecified atom stereocenters. The van der Waals surface area contributed by atoms with Crippen molar-refractivity contribution < 1.29 is 9.53 Å². The predicted octanol–water partition coefficient (Wildman–Crippen LogP) is 5.78. The normalized spacial score (nSPS) is 15.0. The highest BCUT2D eigenvalue weighted by molar-refractivity contribution is 8.00. The number of carbonyl (C=O) groups excluding carboxylic acids is 1. The molecule has 1 heterocycles. The van der Waals surface area contributed by atoms with E-state index in [0.717, 1.165) is 16.1 Å². The number of ether oxygens (including phenoxy) is 1. The summed E-state index contributed by atoms with van der Waals surface area (Å²) in [4.78, 5) is 12.8. The first kappa shape index (κ1) is 17.8. The van der Waals surface area contributed by atoms with Crippen LogP contribution in [-0.4, -0.2) is 12.7 Å². The molecule has 0 fully saturated rings. The van der Waals surface area contributed by atoms with Gasteiger partial charge < -0.3 is 10.1 Å². The summed E-state index contributed by atoms with van der Waals surface area (Å²) in [7, 11) is 0. The summed E-state index contributed by atoms with van der Waals surface area (Å²) in [6, 6.07) is 11.0. The van der Waals surface area contributed by atoms with Crippen molar-refractivity contribution in [3.63, 3.8) is 0 Å². The fourth-order valence-electron chi connectivity index (χ4n) is 2.34. The van der Waals surface area contributed by atoms with E-state index in [1.165, 1.54) is 0 Å². The number of hydrogen-bond acceptors (Lipinski definition) is 4. The molecule has 128 valence electrons. The number of carbonyl (C=O) groups is 1. The average molecular weight is 393 g/mol. The minimum Gasteiger partial charge on any atom is -0.448 e. The van der Waals surface area contributed by atoms with Gasteiger partial charge in [0.05, 0.1) is 5.69 Å². The molecule has 1 amide bonds. The molecule has 2 N–H and O–H groups in total. The highest BCUT2D eigenvalue weighted by Crippen LogP contribution is 2.48. The fourth-order valence-corrected chi connectivity index (χ4v) is 3.95. The van der Waals surface area contributed by atoms with Crippen LogP contribution in [0.2, 0.25) is 10.0 Å². The van der Waals surface area contributed by atoms with Crippen molar-refractivity contribution >= 4 is 52.4 Å². The van der Waals surface area contributed by atoms with Crippen LogP contribution in [0.4, 0.5) is 16.2 Å². The first-order chi connectivity index (χ1) is 12.1. The zero-order chi connectivity index (χ0) is 17.8. The number of hydrogen-bond donors (Lipinski definition) is 2. The van der Waals surface area contributed by atoms with Crippen molar-refractivity contribution in [3.05, 3.63) is 52.0 Å². The van der Waals surface area contributed by atoms with Gasteiger partial charge in [-0.3, -0.25) is 5.32 Å². The van der Waals surface area contributed by atoms with E-state index < -0.39 is 6.09 Å². The third-order valence-electron chi connectivity index (χ3n) is 3.48. The Hall–Kier alpha value is -2.00. The molecule has 0 saturated heterocycles. The van der Waals surface area contributed by atoms with Gasteiger partial charge in [-0.05, 0) is 36.4 Å². The van der Waals surface area contributed by atoms with Crippen LogP contribution in [0.5, 0.6) is 0 Å². The number of halogens is 2. The lowest BCUT2D eigenvalue weighted by Crippen LogP contribution is -2.14. The van der Waals surface area contributed by atoms with Crippen molar-refractivity contribution in [1.82, 2.24) is 0 Å². The second kappa shape index (κ2) is 7.92. The van der Waals surface area contributed by atoms with Gasteiger partial charge in [0.25, 0.3) is 0 Å². The van der Waals surface area contributed by atoms with Gasteiger partial charge >= 0.3 is 6.09 Å². The standard InChI is InChI=1S/C18H14Cl2N2O2S/c1-2-3-8-24-18(23)21-12-5-6-14(20)13(10-12)17-22-15-9-11(19)4-7-16(15)25-17/h1,4-7,9-10,17,22H,3,8H2,(H,21,23)/t17-/m0/s1. The van der Waals surface area contributed by atoms with Crippen molar-refractivity contribution in [2.45, 2.75) is 16.7 Å². The Bertz CT molecular complexity index is 851. The largest absolute Gasteiger partial charge is 0.448 e. The SMILES string of the molecule is C#CCCOC(=O)Nc1ccc(Cl)c([C@H]2Nc3cc(Cl)ccc3S2)c1. The Labute approximate surface area is 160 Å². The molecular weight excluding hydrogens is 379 g/mol. The van der Waals surface area contributed by atoms with Crippen LogP contribution < -0.4 is 10.6 Å². The van der Waals surface area contributed by atoms with Crippen LogP contribution in [-0.2, 0) is 4.74 Å². The Morgan fingerprint density at radius 2 is 2.16 bits per heavy atom. The zero-order valence-electron chi connectivity index (χ0n) is 13.0. The number of anilines is 2. The van der Waals surface area contributed by atoms with Gasteiger partial charge in [-0.15, -0.1) is 12.3 Å². The highest BCUT2D eigenvalue weighted by atomic mass is 35.5. The second-order valence-electron chi connectivity index (χ2n) is 5.23. The molecule has 0 saturated carbocycles. The molecule has 2 aromatic rings. The van der Waals surface area contributed by atoms with Gasteiger partial charge in [-0.25, -0.2) is 4.79 Å². The van der Waals surface area contributed by atoms with Gasteiger partial charge in [-0.2, -0.15) is 0 Å². The molecular formula is C18H14Cl2N2O2S. The van der Waals surface area contributed by atoms with Gasteiger partial charge in [-0.1, -0.05) is 35.0 Å². The molecule has 0 radical (unpaired) electrons. The van der Waals surface area contributed by atoms with Crippen LogP contribution in [0.3, 0.4) is 0 Å². The van der Waals surface area contributed by atoms with Crippen LogP contribution in [0, 0.1) is 12.3 Å². The maximum Gasteiger partial charge on any atom is 0.411 e. The molecule has 0 bridgehead atoms. The highest BCUT2D eigenvalue weighted by Gasteiger charge is 2.25. The van der Waals surface area contributed by atoms with Gasteiger partial charge in [0.2, 0.25) is 0 Å². The first-order valence-corrected chi connectivity index (χ1v) is 9.10. The van der Waals surface area contributed by atoms with Crippen molar-refractivity contribution in [2.24, 2.45) is 0 Å². The summed E-state index contributed by atoms with van der Waals surface area (Å²) in [5.74, 6) is 2.41. The number of thioether (sulfide) groups is 1. The molecule has 7 heteroatoms. The smallest absolute Gasteiger partial charge is 0.411 e. The summed E-state index contributed by atoms with van der Waals surface area (Å²) in [6.45, 7) is 0.179. The number of fused-ring (bicyclic) bond motifs is 1. The number of rotatable bonds is 4. The molecule has 4 nitrogen and oxygen atoms in total. The number of benzene rings is 2. The topological polar surface area (TPSA) is 50.4 Å². The maximum atomic E-state index is 11.8. The van der Waals surface area contributed by atoms with E-state index in [4.69, 9.17) is 34.4 Å². The molecule has 25 heavy (non-hydrogen) atoms. The van der Waals surface area contributed by atoms with E-state index in [2.05, 4.69) is 16.6 Å². The summed E-state index contributed by atoms with van der Waals surface area (Å²) in [6.07, 6.45) is 4.95. The molecule has 0 aliphatic carbocycles. The minimum atomic E-state index is -0.550. The third-order valence-corrected chi connectivity index (χ3v) is 5.27. The van der Waals surface area contributed by atoms with Gasteiger partial charge in [0, 0.05) is 32.6 Å². The van der Waals surface area contributed by atoms with Crippen molar-refractivity contribution in [2.75, 3.05) is 17.2 Å². The molecule has 1 aliphatic heterocycles. The third kappa shape index (κ3) is 4.35. The monoisotopic (exact) mass is 392 g/mol. The van der Waals surface area contributed by atoms with Crippen molar-refractivity contribution in [1.29, 1.82) is 0 Å². The van der Waals surface area contributed by atoms with E-state index in [1.807, 2.05) is 24.3 Å². The zero-order valence-corrected chi connectivity index (χ0v) is 15.3. The summed E-state index contributed by atoms with van der Waals surface area (Å²) >= 11 is 14.0. The predicted molar refractivity (Wildman–Crippen MR) is 104 cm³/mol. The molecule has 2 aromatic carbocycles. The van der Waals surface area contributed by atoms with E-state index >= 15 is 0 Å². The lowest BCUT2D eigenvalue weighted by Gasteiger charge is -2.15. The lowest BCUT2D eigenvalue weighted by atomic mass is 10.2. The van der Waals surface area contributed by atoms with E-state index in [1.54, 1.807) is 23.9 Å². The number of nitrogens with one attached hydrogen (secondary N) is 2. The molecule has 0 spiro atoms. The van der Waals surface area contributed by atoms with Crippen LogP contribution in [0.25, 0.3) is 0 Å².